The van der Waals surface area contributed by atoms with Crippen molar-refractivity contribution in [3.63, 3.8) is 0 Å². The lowest BCUT2D eigenvalue weighted by Crippen LogP contribution is -2.28. The second-order valence-electron chi connectivity index (χ2n) is 6.29. The number of benzene rings is 2. The molecule has 0 saturated carbocycles. The lowest BCUT2D eigenvalue weighted by atomic mass is 10.0. The Morgan fingerprint density at radius 3 is 2.25 bits per heavy atom. The molecule has 0 fully saturated rings. The summed E-state index contributed by atoms with van der Waals surface area (Å²) in [4.78, 5) is 0.290. The average Bonchev–Trinajstić information content (AvgIpc) is 2.50. The van der Waals surface area contributed by atoms with Crippen molar-refractivity contribution in [2.75, 3.05) is 7.11 Å². The Morgan fingerprint density at radius 2 is 1.62 bits per heavy atom. The van der Waals surface area contributed by atoms with Crippen LogP contribution in [0.25, 0.3) is 0 Å². The van der Waals surface area contributed by atoms with Crippen LogP contribution in [0, 0.1) is 27.7 Å². The van der Waals surface area contributed by atoms with E-state index in [1.165, 1.54) is 0 Å². The third-order valence-electron chi connectivity index (χ3n) is 4.22. The van der Waals surface area contributed by atoms with Crippen molar-refractivity contribution in [2.24, 2.45) is 0 Å². The van der Waals surface area contributed by atoms with Gasteiger partial charge in [-0.05, 0) is 69.0 Å². The van der Waals surface area contributed by atoms with Gasteiger partial charge in [-0.3, -0.25) is 0 Å². The summed E-state index contributed by atoms with van der Waals surface area (Å²) < 4.78 is 33.7. The van der Waals surface area contributed by atoms with E-state index in [1.807, 2.05) is 45.9 Å². The first-order chi connectivity index (χ1) is 11.2. The Labute approximate surface area is 144 Å². The molecule has 1 atom stereocenters. The highest BCUT2D eigenvalue weighted by molar-refractivity contribution is 7.89. The molecule has 2 aromatic carbocycles. The molecule has 0 aromatic heterocycles. The van der Waals surface area contributed by atoms with E-state index in [0.29, 0.717) is 11.3 Å². The first-order valence-corrected chi connectivity index (χ1v) is 9.38. The standard InChI is InChI=1S/C19H25NO3S/c1-12-7-8-13(2)17(9-12)16(5)20-24(21,22)19-11-14(3)18(23-6)10-15(19)4/h7-11,16,20H,1-6H3/t16-/m0/s1. The number of hydrogen-bond donors (Lipinski definition) is 1. The summed E-state index contributed by atoms with van der Waals surface area (Å²) in [6.07, 6.45) is 0. The summed E-state index contributed by atoms with van der Waals surface area (Å²) in [5, 5.41) is 0. The van der Waals surface area contributed by atoms with Gasteiger partial charge in [0.2, 0.25) is 10.0 Å². The second kappa shape index (κ2) is 6.95. The molecule has 0 heterocycles. The van der Waals surface area contributed by atoms with Crippen LogP contribution in [0.1, 0.15) is 40.8 Å². The zero-order valence-corrected chi connectivity index (χ0v) is 15.9. The second-order valence-corrected chi connectivity index (χ2v) is 7.97. The summed E-state index contributed by atoms with van der Waals surface area (Å²) in [6, 6.07) is 9.17. The number of methoxy groups -OCH3 is 1. The monoisotopic (exact) mass is 347 g/mol. The van der Waals surface area contributed by atoms with Crippen molar-refractivity contribution in [3.8, 4) is 5.75 Å². The van der Waals surface area contributed by atoms with Gasteiger partial charge in [0.25, 0.3) is 0 Å². The van der Waals surface area contributed by atoms with Crippen LogP contribution in [-0.4, -0.2) is 15.5 Å². The fourth-order valence-electron chi connectivity index (χ4n) is 2.86. The van der Waals surface area contributed by atoms with Crippen molar-refractivity contribution < 1.29 is 13.2 Å². The van der Waals surface area contributed by atoms with Gasteiger partial charge in [-0.25, -0.2) is 13.1 Å². The molecule has 5 heteroatoms. The van der Waals surface area contributed by atoms with Gasteiger partial charge in [-0.1, -0.05) is 23.8 Å². The normalized spacial score (nSPS) is 12.9. The van der Waals surface area contributed by atoms with Crippen molar-refractivity contribution >= 4 is 10.0 Å². The smallest absolute Gasteiger partial charge is 0.241 e. The summed E-state index contributed by atoms with van der Waals surface area (Å²) in [7, 11) is -2.04. The summed E-state index contributed by atoms with van der Waals surface area (Å²) in [5.74, 6) is 0.689. The van der Waals surface area contributed by atoms with E-state index in [-0.39, 0.29) is 10.9 Å². The predicted molar refractivity (Wildman–Crippen MR) is 97.1 cm³/mol. The SMILES string of the molecule is COc1cc(C)c(S(=O)(=O)N[C@@H](C)c2cc(C)ccc2C)cc1C. The fraction of sp³-hybridized carbons (Fsp3) is 0.368. The Hall–Kier alpha value is -1.85. The van der Waals surface area contributed by atoms with Gasteiger partial charge < -0.3 is 4.74 Å². The molecule has 130 valence electrons. The molecule has 0 saturated heterocycles. The summed E-state index contributed by atoms with van der Waals surface area (Å²) in [5.41, 5.74) is 4.62. The highest BCUT2D eigenvalue weighted by atomic mass is 32.2. The maximum Gasteiger partial charge on any atom is 0.241 e. The maximum atomic E-state index is 12.8. The predicted octanol–water partition coefficient (Wildman–Crippen LogP) is 3.97. The lowest BCUT2D eigenvalue weighted by molar-refractivity contribution is 0.411. The van der Waals surface area contributed by atoms with E-state index in [9.17, 15) is 8.42 Å². The number of rotatable bonds is 5. The van der Waals surface area contributed by atoms with Gasteiger partial charge in [-0.2, -0.15) is 0 Å². The summed E-state index contributed by atoms with van der Waals surface area (Å²) >= 11 is 0. The molecule has 0 aliphatic carbocycles. The molecular formula is C19H25NO3S. The van der Waals surface area contributed by atoms with Gasteiger partial charge in [0.15, 0.2) is 0 Å². The molecule has 0 bridgehead atoms. The van der Waals surface area contributed by atoms with Gasteiger partial charge in [0, 0.05) is 6.04 Å². The maximum absolute atomic E-state index is 12.8. The van der Waals surface area contributed by atoms with Gasteiger partial charge in [0.05, 0.1) is 12.0 Å². The van der Waals surface area contributed by atoms with E-state index in [1.54, 1.807) is 26.2 Å². The van der Waals surface area contributed by atoms with Crippen LogP contribution in [0.5, 0.6) is 5.75 Å². The number of aryl methyl sites for hydroxylation is 4. The quantitative estimate of drug-likeness (QED) is 0.890. The molecule has 0 aliphatic rings. The van der Waals surface area contributed by atoms with Crippen LogP contribution in [-0.2, 0) is 10.0 Å². The zero-order valence-electron chi connectivity index (χ0n) is 15.1. The Balaban J connectivity index is 2.38. The molecule has 2 rings (SSSR count). The molecule has 2 aromatic rings. The third-order valence-corrected chi connectivity index (χ3v) is 5.90. The van der Waals surface area contributed by atoms with Crippen molar-refractivity contribution in [1.82, 2.24) is 4.72 Å². The molecule has 0 radical (unpaired) electrons. The molecular weight excluding hydrogens is 322 g/mol. The molecule has 0 aliphatic heterocycles. The zero-order chi connectivity index (χ0) is 18.1. The van der Waals surface area contributed by atoms with Gasteiger partial charge >= 0.3 is 0 Å². The van der Waals surface area contributed by atoms with Crippen LogP contribution in [0.2, 0.25) is 0 Å². The lowest BCUT2D eigenvalue weighted by Gasteiger charge is -2.19. The summed E-state index contributed by atoms with van der Waals surface area (Å²) in [6.45, 7) is 9.47. The molecule has 24 heavy (non-hydrogen) atoms. The van der Waals surface area contributed by atoms with Gasteiger partial charge in [-0.15, -0.1) is 0 Å². The highest BCUT2D eigenvalue weighted by Gasteiger charge is 2.22. The topological polar surface area (TPSA) is 55.4 Å². The van der Waals surface area contributed by atoms with Crippen LogP contribution in [0.3, 0.4) is 0 Å². The largest absolute Gasteiger partial charge is 0.496 e. The minimum Gasteiger partial charge on any atom is -0.496 e. The van der Waals surface area contributed by atoms with Crippen molar-refractivity contribution in [1.29, 1.82) is 0 Å². The molecule has 0 amide bonds. The van der Waals surface area contributed by atoms with E-state index in [0.717, 1.165) is 22.3 Å². The van der Waals surface area contributed by atoms with Gasteiger partial charge in [0.1, 0.15) is 5.75 Å². The van der Waals surface area contributed by atoms with E-state index in [2.05, 4.69) is 4.72 Å². The molecule has 1 N–H and O–H groups in total. The van der Waals surface area contributed by atoms with Crippen molar-refractivity contribution in [2.45, 2.75) is 45.6 Å². The Bertz CT molecular complexity index is 857. The number of hydrogen-bond acceptors (Lipinski definition) is 3. The van der Waals surface area contributed by atoms with Crippen LogP contribution < -0.4 is 9.46 Å². The molecule has 0 spiro atoms. The van der Waals surface area contributed by atoms with E-state index in [4.69, 9.17) is 4.74 Å². The Morgan fingerprint density at radius 1 is 0.958 bits per heavy atom. The third kappa shape index (κ3) is 3.79. The first kappa shape index (κ1) is 18.5. The highest BCUT2D eigenvalue weighted by Crippen LogP contribution is 2.27. The van der Waals surface area contributed by atoms with Crippen molar-refractivity contribution in [3.05, 3.63) is 58.1 Å². The minimum atomic E-state index is -3.62. The molecule has 0 unspecified atom stereocenters. The number of nitrogens with one attached hydrogen (secondary N) is 1. The van der Waals surface area contributed by atoms with Crippen LogP contribution >= 0.6 is 0 Å². The van der Waals surface area contributed by atoms with E-state index < -0.39 is 10.0 Å². The average molecular weight is 347 g/mol. The van der Waals surface area contributed by atoms with Crippen LogP contribution in [0.15, 0.2) is 35.2 Å². The minimum absolute atomic E-state index is 0.290. The first-order valence-electron chi connectivity index (χ1n) is 7.90. The number of ether oxygens (including phenoxy) is 1. The fourth-order valence-corrected chi connectivity index (χ4v) is 4.39. The number of sulfonamides is 1. The molecule has 4 nitrogen and oxygen atoms in total. The van der Waals surface area contributed by atoms with E-state index >= 15 is 0 Å². The Kier molecular flexibility index (Phi) is 5.35. The van der Waals surface area contributed by atoms with Crippen LogP contribution in [0.4, 0.5) is 0 Å².